The molecule has 0 radical (unpaired) electrons. The fraction of sp³-hybridized carbons (Fsp3) is 0.417. The number of methoxy groups -OCH3 is 1. The van der Waals surface area contributed by atoms with E-state index in [9.17, 15) is 13.8 Å². The lowest BCUT2D eigenvalue weighted by Gasteiger charge is -2.22. The average Bonchev–Trinajstić information content (AvgIpc) is 3.05. The molecule has 1 fully saturated rings. The number of carbonyl (C=O) groups is 2. The molecule has 0 aromatic heterocycles. The number of amides is 3. The summed E-state index contributed by atoms with van der Waals surface area (Å²) >= 11 is 6.00. The van der Waals surface area contributed by atoms with Gasteiger partial charge in [-0.1, -0.05) is 49.1 Å². The number of carbonyl (C=O) groups excluding carboxylic acids is 2. The Morgan fingerprint density at radius 3 is 2.73 bits per heavy atom. The van der Waals surface area contributed by atoms with E-state index in [0.717, 1.165) is 31.3 Å². The molecular formula is C24H30ClN3O4S. The topological polar surface area (TPSA) is 96.5 Å². The quantitative estimate of drug-likeness (QED) is 0.497. The van der Waals surface area contributed by atoms with Crippen molar-refractivity contribution in [2.24, 2.45) is 0 Å². The Morgan fingerprint density at radius 2 is 1.97 bits per heavy atom. The fourth-order valence-electron chi connectivity index (χ4n) is 3.84. The van der Waals surface area contributed by atoms with E-state index in [1.807, 2.05) is 18.2 Å². The van der Waals surface area contributed by atoms with Crippen molar-refractivity contribution in [2.75, 3.05) is 13.7 Å². The summed E-state index contributed by atoms with van der Waals surface area (Å²) in [5.74, 6) is 0.193. The van der Waals surface area contributed by atoms with E-state index in [2.05, 4.69) is 15.4 Å². The van der Waals surface area contributed by atoms with E-state index in [1.54, 1.807) is 24.3 Å². The highest BCUT2D eigenvalue weighted by atomic mass is 35.5. The number of halogens is 1. The first kappa shape index (κ1) is 25.1. The first-order chi connectivity index (χ1) is 16.0. The van der Waals surface area contributed by atoms with Gasteiger partial charge >= 0.3 is 6.03 Å². The van der Waals surface area contributed by atoms with Crippen LogP contribution < -0.4 is 20.1 Å². The number of hydrogen-bond donors (Lipinski definition) is 3. The van der Waals surface area contributed by atoms with E-state index in [0.29, 0.717) is 40.6 Å². The highest BCUT2D eigenvalue weighted by Gasteiger charge is 2.18. The van der Waals surface area contributed by atoms with Gasteiger partial charge in [0.05, 0.1) is 12.7 Å². The molecule has 0 aliphatic heterocycles. The number of ether oxygens (including phenoxy) is 1. The van der Waals surface area contributed by atoms with Gasteiger partial charge in [-0.3, -0.25) is 9.52 Å². The molecule has 33 heavy (non-hydrogen) atoms. The predicted octanol–water partition coefficient (Wildman–Crippen LogP) is 4.53. The lowest BCUT2D eigenvalue weighted by atomic mass is 9.96. The molecule has 2 aliphatic carbocycles. The van der Waals surface area contributed by atoms with E-state index in [-0.39, 0.29) is 11.9 Å². The van der Waals surface area contributed by atoms with Crippen LogP contribution in [0.3, 0.4) is 0 Å². The number of urea groups is 1. The minimum Gasteiger partial charge on any atom is -0.496 e. The normalized spacial score (nSPS) is 17.3. The van der Waals surface area contributed by atoms with Crippen molar-refractivity contribution < 1.29 is 18.5 Å². The molecule has 7 nitrogen and oxygen atoms in total. The van der Waals surface area contributed by atoms with Gasteiger partial charge in [-0.25, -0.2) is 9.00 Å². The van der Waals surface area contributed by atoms with Gasteiger partial charge in [0.2, 0.25) is 0 Å². The number of nitrogens with one attached hydrogen (secondary N) is 3. The third-order valence-electron chi connectivity index (χ3n) is 5.60. The van der Waals surface area contributed by atoms with Gasteiger partial charge in [0.1, 0.15) is 16.7 Å². The molecule has 0 spiro atoms. The van der Waals surface area contributed by atoms with E-state index in [1.165, 1.54) is 13.5 Å². The smallest absolute Gasteiger partial charge is 0.327 e. The van der Waals surface area contributed by atoms with E-state index >= 15 is 0 Å². The maximum absolute atomic E-state index is 12.6. The van der Waals surface area contributed by atoms with Crippen molar-refractivity contribution in [3.8, 4) is 5.75 Å². The van der Waals surface area contributed by atoms with Crippen molar-refractivity contribution >= 4 is 34.5 Å². The minimum atomic E-state index is -1.60. The van der Waals surface area contributed by atoms with Gasteiger partial charge in [-0.2, -0.15) is 0 Å². The van der Waals surface area contributed by atoms with E-state index in [4.69, 9.17) is 16.3 Å². The first-order valence-corrected chi connectivity index (χ1v) is 12.7. The summed E-state index contributed by atoms with van der Waals surface area (Å²) in [6, 6.07) is 4.66. The summed E-state index contributed by atoms with van der Waals surface area (Å²) < 4.78 is 20.4. The summed E-state index contributed by atoms with van der Waals surface area (Å²) in [5, 5.41) is 6.25. The van der Waals surface area contributed by atoms with Crippen LogP contribution in [0.2, 0.25) is 5.02 Å². The second-order valence-electron chi connectivity index (χ2n) is 8.01. The summed E-state index contributed by atoms with van der Waals surface area (Å²) in [4.78, 5) is 25.3. The summed E-state index contributed by atoms with van der Waals surface area (Å²) in [7, 11) is -0.100. The van der Waals surface area contributed by atoms with Crippen LogP contribution in [0.1, 0.15) is 55.3 Å². The zero-order valence-corrected chi connectivity index (χ0v) is 20.3. The molecule has 1 atom stereocenters. The number of benzene rings is 1. The summed E-state index contributed by atoms with van der Waals surface area (Å²) in [6.45, 7) is 0.416. The van der Waals surface area contributed by atoms with Gasteiger partial charge in [0.15, 0.2) is 0 Å². The Kier molecular flexibility index (Phi) is 9.57. The molecule has 1 unspecified atom stereocenters. The minimum absolute atomic E-state index is 0.160. The van der Waals surface area contributed by atoms with Crippen LogP contribution in [-0.2, 0) is 11.0 Å². The van der Waals surface area contributed by atoms with Crippen molar-refractivity contribution in [2.45, 2.75) is 51.0 Å². The second-order valence-corrected chi connectivity index (χ2v) is 9.71. The summed E-state index contributed by atoms with van der Waals surface area (Å²) in [6.07, 6.45) is 13.9. The fourth-order valence-corrected chi connectivity index (χ4v) is 4.81. The van der Waals surface area contributed by atoms with Gasteiger partial charge in [-0.15, -0.1) is 0 Å². The van der Waals surface area contributed by atoms with Gasteiger partial charge < -0.3 is 15.4 Å². The van der Waals surface area contributed by atoms with Crippen LogP contribution in [0.4, 0.5) is 4.79 Å². The van der Waals surface area contributed by atoms with Gasteiger partial charge in [0, 0.05) is 28.9 Å². The molecule has 1 saturated carbocycles. The van der Waals surface area contributed by atoms with E-state index < -0.39 is 17.0 Å². The molecular weight excluding hydrogens is 462 g/mol. The highest BCUT2D eigenvalue weighted by molar-refractivity contribution is 7.87. The molecule has 3 amide bonds. The molecule has 0 heterocycles. The van der Waals surface area contributed by atoms with Crippen molar-refractivity contribution in [3.05, 3.63) is 63.6 Å². The standard InChI is InChI=1S/C24H30ClN3O4S/c1-32-22-13-11-18(25)16-21(22)23(29)26-15-14-17-6-5-9-20(12-10-17)33(31)28-24(30)27-19-7-3-2-4-8-19/h5-6,10-13,16,19H,2-4,7-9,14-15H2,1H3,(H,26,29)(H2,27,28,30). The Morgan fingerprint density at radius 1 is 1.18 bits per heavy atom. The number of hydrogen-bond acceptors (Lipinski definition) is 4. The maximum Gasteiger partial charge on any atom is 0.327 e. The third-order valence-corrected chi connectivity index (χ3v) is 6.99. The first-order valence-electron chi connectivity index (χ1n) is 11.1. The van der Waals surface area contributed by atoms with Crippen molar-refractivity contribution in [1.82, 2.24) is 15.4 Å². The van der Waals surface area contributed by atoms with Gasteiger partial charge in [0.25, 0.3) is 5.91 Å². The molecule has 3 rings (SSSR count). The Balaban J connectivity index is 1.49. The average molecular weight is 492 g/mol. The molecule has 2 aliphatic rings. The van der Waals surface area contributed by atoms with Crippen LogP contribution in [0.5, 0.6) is 5.75 Å². The highest BCUT2D eigenvalue weighted by Crippen LogP contribution is 2.23. The zero-order valence-electron chi connectivity index (χ0n) is 18.7. The Labute approximate surface area is 202 Å². The lowest BCUT2D eigenvalue weighted by Crippen LogP contribution is -2.43. The van der Waals surface area contributed by atoms with Crippen LogP contribution in [0, 0.1) is 0 Å². The van der Waals surface area contributed by atoms with Crippen LogP contribution in [0.25, 0.3) is 0 Å². The molecule has 0 bridgehead atoms. The van der Waals surface area contributed by atoms with Crippen molar-refractivity contribution in [3.63, 3.8) is 0 Å². The molecule has 1 aromatic carbocycles. The van der Waals surface area contributed by atoms with Crippen molar-refractivity contribution in [1.29, 1.82) is 0 Å². The second kappa shape index (κ2) is 12.6. The Hall–Kier alpha value is -2.58. The molecule has 0 saturated heterocycles. The molecule has 9 heteroatoms. The molecule has 3 N–H and O–H groups in total. The lowest BCUT2D eigenvalue weighted by molar-refractivity contribution is 0.0951. The third kappa shape index (κ3) is 7.75. The predicted molar refractivity (Wildman–Crippen MR) is 132 cm³/mol. The largest absolute Gasteiger partial charge is 0.496 e. The number of rotatable bonds is 8. The maximum atomic E-state index is 12.6. The molecule has 1 aromatic rings. The number of allylic oxidation sites excluding steroid dienone is 5. The van der Waals surface area contributed by atoms with Crippen LogP contribution in [0.15, 0.2) is 53.0 Å². The zero-order chi connectivity index (χ0) is 23.6. The van der Waals surface area contributed by atoms with Crippen LogP contribution in [-0.4, -0.2) is 35.8 Å². The summed E-state index contributed by atoms with van der Waals surface area (Å²) in [5.41, 5.74) is 1.36. The monoisotopic (exact) mass is 491 g/mol. The molecule has 178 valence electrons. The Bertz CT molecular complexity index is 984. The van der Waals surface area contributed by atoms with Gasteiger partial charge in [-0.05, 0) is 49.1 Å². The SMILES string of the molecule is COc1ccc(Cl)cc1C(=O)NCCC1=CC=C(S(=O)NC(=O)NC2CCCCC2)CC=C1. The van der Waals surface area contributed by atoms with Crippen LogP contribution >= 0.6 is 11.6 Å².